The summed E-state index contributed by atoms with van der Waals surface area (Å²) in [6.45, 7) is 9.18. The van der Waals surface area contributed by atoms with E-state index in [4.69, 9.17) is 4.42 Å². The van der Waals surface area contributed by atoms with Crippen LogP contribution in [0.1, 0.15) is 48.5 Å². The van der Waals surface area contributed by atoms with E-state index in [1.165, 1.54) is 11.1 Å². The van der Waals surface area contributed by atoms with Crippen LogP contribution in [0.3, 0.4) is 0 Å². The summed E-state index contributed by atoms with van der Waals surface area (Å²) in [7, 11) is 1.78. The van der Waals surface area contributed by atoms with Crippen LogP contribution in [0.25, 0.3) is 0 Å². The summed E-state index contributed by atoms with van der Waals surface area (Å²) in [6.07, 6.45) is 0. The smallest absolute Gasteiger partial charge is 0.191 e. The Morgan fingerprint density at radius 1 is 1.17 bits per heavy atom. The summed E-state index contributed by atoms with van der Waals surface area (Å²) in [5.74, 6) is 3.03. The summed E-state index contributed by atoms with van der Waals surface area (Å²) in [5.41, 5.74) is 2.63. The molecular formula is C19H28IN3O. The molecule has 5 heteroatoms. The molecule has 2 aromatic rings. The Labute approximate surface area is 162 Å². The first-order valence-corrected chi connectivity index (χ1v) is 8.09. The van der Waals surface area contributed by atoms with E-state index in [9.17, 15) is 0 Å². The Kier molecular flexibility index (Phi) is 8.31. The number of aliphatic imine (C=N–C) groups is 1. The van der Waals surface area contributed by atoms with E-state index in [-0.39, 0.29) is 30.0 Å². The lowest BCUT2D eigenvalue weighted by Gasteiger charge is -2.19. The quantitative estimate of drug-likeness (QED) is 0.407. The van der Waals surface area contributed by atoms with Gasteiger partial charge in [0, 0.05) is 13.6 Å². The molecule has 0 bridgehead atoms. The fourth-order valence-electron chi connectivity index (χ4n) is 2.50. The molecule has 2 rings (SSSR count). The number of aryl methyl sites for hydroxylation is 2. The maximum atomic E-state index is 5.65. The molecule has 0 spiro atoms. The Bertz CT molecular complexity index is 666. The van der Waals surface area contributed by atoms with Gasteiger partial charge in [0.05, 0.1) is 6.04 Å². The Balaban J connectivity index is 0.00000288. The van der Waals surface area contributed by atoms with E-state index in [2.05, 4.69) is 60.7 Å². The van der Waals surface area contributed by atoms with Crippen molar-refractivity contribution in [2.24, 2.45) is 4.99 Å². The monoisotopic (exact) mass is 441 g/mol. The molecule has 2 unspecified atom stereocenters. The first-order valence-electron chi connectivity index (χ1n) is 8.09. The van der Waals surface area contributed by atoms with Crippen LogP contribution in [0.15, 0.2) is 45.8 Å². The Morgan fingerprint density at radius 2 is 1.92 bits per heavy atom. The molecule has 0 saturated heterocycles. The topological polar surface area (TPSA) is 49.6 Å². The molecule has 2 N–H and O–H groups in total. The van der Waals surface area contributed by atoms with Gasteiger partial charge in [0.15, 0.2) is 5.96 Å². The highest BCUT2D eigenvalue weighted by atomic mass is 127. The number of nitrogens with one attached hydrogen (secondary N) is 2. The lowest BCUT2D eigenvalue weighted by molar-refractivity contribution is 0.441. The van der Waals surface area contributed by atoms with Crippen LogP contribution in [0.2, 0.25) is 0 Å². The molecule has 132 valence electrons. The standard InChI is InChI=1S/C19H27N3O.HI/c1-13-7-6-8-17(11-13)14(2)12-21-19(20-5)22-16(4)18-10-9-15(3)23-18;/h6-11,14,16H,12H2,1-5H3,(H2,20,21,22);1H. The molecule has 1 aromatic carbocycles. The third kappa shape index (κ3) is 5.85. The number of halogens is 1. The van der Waals surface area contributed by atoms with Crippen molar-refractivity contribution in [1.29, 1.82) is 0 Å². The minimum atomic E-state index is 0. The van der Waals surface area contributed by atoms with E-state index in [1.54, 1.807) is 7.05 Å². The summed E-state index contributed by atoms with van der Waals surface area (Å²) in [6, 6.07) is 12.7. The van der Waals surface area contributed by atoms with Crippen molar-refractivity contribution in [3.63, 3.8) is 0 Å². The number of hydrogen-bond donors (Lipinski definition) is 2. The molecule has 0 radical (unpaired) electrons. The zero-order chi connectivity index (χ0) is 16.8. The van der Waals surface area contributed by atoms with Crippen molar-refractivity contribution in [2.45, 2.75) is 39.7 Å². The molecule has 1 aromatic heterocycles. The highest BCUT2D eigenvalue weighted by Crippen LogP contribution is 2.17. The van der Waals surface area contributed by atoms with Gasteiger partial charge >= 0.3 is 0 Å². The average Bonchev–Trinajstić information content (AvgIpc) is 2.97. The third-order valence-electron chi connectivity index (χ3n) is 3.95. The third-order valence-corrected chi connectivity index (χ3v) is 3.95. The molecule has 0 amide bonds. The largest absolute Gasteiger partial charge is 0.464 e. The van der Waals surface area contributed by atoms with Gasteiger partial charge in [0.25, 0.3) is 0 Å². The van der Waals surface area contributed by atoms with Gasteiger partial charge in [-0.15, -0.1) is 24.0 Å². The van der Waals surface area contributed by atoms with Crippen LogP contribution >= 0.6 is 24.0 Å². The second kappa shape index (κ2) is 9.71. The van der Waals surface area contributed by atoms with E-state index < -0.39 is 0 Å². The molecule has 1 heterocycles. The van der Waals surface area contributed by atoms with Gasteiger partial charge in [-0.1, -0.05) is 36.8 Å². The van der Waals surface area contributed by atoms with Crippen LogP contribution < -0.4 is 10.6 Å². The van der Waals surface area contributed by atoms with Gasteiger partial charge in [0.2, 0.25) is 0 Å². The maximum absolute atomic E-state index is 5.65. The van der Waals surface area contributed by atoms with E-state index in [0.717, 1.165) is 24.0 Å². The summed E-state index contributed by atoms with van der Waals surface area (Å²) < 4.78 is 5.65. The number of rotatable bonds is 5. The van der Waals surface area contributed by atoms with Gasteiger partial charge in [-0.2, -0.15) is 0 Å². The Hall–Kier alpha value is -1.50. The molecule has 0 saturated carbocycles. The van der Waals surface area contributed by atoms with Gasteiger partial charge in [-0.3, -0.25) is 4.99 Å². The number of hydrogen-bond acceptors (Lipinski definition) is 2. The van der Waals surface area contributed by atoms with Crippen LogP contribution in [-0.4, -0.2) is 19.6 Å². The number of guanidine groups is 1. The molecular weight excluding hydrogens is 413 g/mol. The van der Waals surface area contributed by atoms with E-state index >= 15 is 0 Å². The van der Waals surface area contributed by atoms with E-state index in [0.29, 0.717) is 5.92 Å². The van der Waals surface area contributed by atoms with Crippen molar-refractivity contribution < 1.29 is 4.42 Å². The molecule has 0 aliphatic heterocycles. The molecule has 0 aliphatic rings. The molecule has 4 nitrogen and oxygen atoms in total. The Morgan fingerprint density at radius 3 is 2.50 bits per heavy atom. The number of nitrogens with zero attached hydrogens (tertiary/aromatic N) is 1. The number of benzene rings is 1. The lowest BCUT2D eigenvalue weighted by Crippen LogP contribution is -2.40. The minimum absolute atomic E-state index is 0. The van der Waals surface area contributed by atoms with Gasteiger partial charge in [0.1, 0.15) is 11.5 Å². The highest BCUT2D eigenvalue weighted by molar-refractivity contribution is 14.0. The minimum Gasteiger partial charge on any atom is -0.464 e. The summed E-state index contributed by atoms with van der Waals surface area (Å²) >= 11 is 0. The SMILES string of the molecule is CN=C(NCC(C)c1cccc(C)c1)NC(C)c1ccc(C)o1.I. The predicted octanol–water partition coefficient (Wildman–Crippen LogP) is 4.54. The number of furan rings is 1. The summed E-state index contributed by atoms with van der Waals surface area (Å²) in [5, 5.41) is 6.75. The zero-order valence-corrected chi connectivity index (χ0v) is 17.4. The fourth-order valence-corrected chi connectivity index (χ4v) is 2.50. The first-order chi connectivity index (χ1) is 11.0. The van der Waals surface area contributed by atoms with Crippen LogP contribution in [0.4, 0.5) is 0 Å². The molecule has 24 heavy (non-hydrogen) atoms. The lowest BCUT2D eigenvalue weighted by atomic mass is 9.99. The van der Waals surface area contributed by atoms with Crippen molar-refractivity contribution in [2.75, 3.05) is 13.6 Å². The summed E-state index contributed by atoms with van der Waals surface area (Å²) in [4.78, 5) is 4.30. The molecule has 0 aliphatic carbocycles. The fraction of sp³-hybridized carbons (Fsp3) is 0.421. The zero-order valence-electron chi connectivity index (χ0n) is 15.1. The van der Waals surface area contributed by atoms with Crippen molar-refractivity contribution in [1.82, 2.24) is 10.6 Å². The first kappa shape index (κ1) is 20.5. The predicted molar refractivity (Wildman–Crippen MR) is 111 cm³/mol. The van der Waals surface area contributed by atoms with Gasteiger partial charge < -0.3 is 15.1 Å². The maximum Gasteiger partial charge on any atom is 0.191 e. The van der Waals surface area contributed by atoms with Crippen molar-refractivity contribution in [3.05, 3.63) is 59.0 Å². The van der Waals surface area contributed by atoms with Crippen molar-refractivity contribution >= 4 is 29.9 Å². The van der Waals surface area contributed by atoms with Crippen LogP contribution in [0.5, 0.6) is 0 Å². The van der Waals surface area contributed by atoms with Crippen LogP contribution in [-0.2, 0) is 0 Å². The second-order valence-electron chi connectivity index (χ2n) is 6.08. The second-order valence-corrected chi connectivity index (χ2v) is 6.08. The van der Waals surface area contributed by atoms with Gasteiger partial charge in [-0.25, -0.2) is 0 Å². The normalized spacial score (nSPS) is 13.8. The molecule has 0 fully saturated rings. The van der Waals surface area contributed by atoms with E-state index in [1.807, 2.05) is 19.1 Å². The van der Waals surface area contributed by atoms with Crippen LogP contribution in [0, 0.1) is 13.8 Å². The van der Waals surface area contributed by atoms with Gasteiger partial charge in [-0.05, 0) is 44.4 Å². The molecule has 2 atom stereocenters. The highest BCUT2D eigenvalue weighted by Gasteiger charge is 2.12. The van der Waals surface area contributed by atoms with Crippen molar-refractivity contribution in [3.8, 4) is 0 Å². The average molecular weight is 441 g/mol.